The average Bonchev–Trinajstić information content (AvgIpc) is 2.90. The van der Waals surface area contributed by atoms with Gasteiger partial charge in [-0.2, -0.15) is 0 Å². The summed E-state index contributed by atoms with van der Waals surface area (Å²) in [6.07, 6.45) is 1.77. The van der Waals surface area contributed by atoms with Gasteiger partial charge in [-0.3, -0.25) is 4.98 Å². The number of halogens is 1. The molecule has 4 aromatic rings. The van der Waals surface area contributed by atoms with Crippen molar-refractivity contribution in [2.45, 2.75) is 0 Å². The Kier molecular flexibility index (Phi) is 2.68. The van der Waals surface area contributed by atoms with Crippen LogP contribution < -0.4 is 5.73 Å². The molecule has 0 aliphatic rings. The molecular formula is C16H11BrN4. The van der Waals surface area contributed by atoms with Crippen molar-refractivity contribution < 1.29 is 0 Å². The highest BCUT2D eigenvalue weighted by Gasteiger charge is 2.11. The first-order valence-corrected chi connectivity index (χ1v) is 7.30. The second-order valence-corrected chi connectivity index (χ2v) is 5.77. The molecule has 0 unspecified atom stereocenters. The molecule has 0 aliphatic heterocycles. The molecule has 102 valence electrons. The minimum atomic E-state index is 0.693. The first kappa shape index (κ1) is 12.3. The van der Waals surface area contributed by atoms with Crippen LogP contribution in [0.25, 0.3) is 33.3 Å². The number of nitrogens with one attached hydrogen (secondary N) is 1. The molecular weight excluding hydrogens is 328 g/mol. The molecule has 0 saturated heterocycles. The quantitative estimate of drug-likeness (QED) is 0.548. The Hall–Kier alpha value is -2.40. The van der Waals surface area contributed by atoms with Crippen LogP contribution in [0, 0.1) is 0 Å². The van der Waals surface area contributed by atoms with Crippen molar-refractivity contribution in [1.29, 1.82) is 0 Å². The van der Waals surface area contributed by atoms with Gasteiger partial charge < -0.3 is 10.7 Å². The Morgan fingerprint density at radius 3 is 2.81 bits per heavy atom. The Bertz CT molecular complexity index is 975. The molecule has 0 saturated carbocycles. The maximum absolute atomic E-state index is 6.29. The van der Waals surface area contributed by atoms with E-state index in [1.807, 2.05) is 42.5 Å². The average molecular weight is 339 g/mol. The lowest BCUT2D eigenvalue weighted by atomic mass is 10.1. The fourth-order valence-electron chi connectivity index (χ4n) is 2.46. The number of aromatic amines is 1. The van der Waals surface area contributed by atoms with Crippen LogP contribution in [0.2, 0.25) is 0 Å². The molecule has 2 aromatic carbocycles. The number of nitrogen functional groups attached to an aromatic ring is 1. The van der Waals surface area contributed by atoms with Crippen LogP contribution in [0.5, 0.6) is 0 Å². The summed E-state index contributed by atoms with van der Waals surface area (Å²) in [6.45, 7) is 0. The third-order valence-corrected chi connectivity index (χ3v) is 4.01. The van der Waals surface area contributed by atoms with Crippen molar-refractivity contribution in [3.63, 3.8) is 0 Å². The molecule has 3 N–H and O–H groups in total. The molecule has 2 heterocycles. The first-order chi connectivity index (χ1) is 10.2. The number of benzene rings is 2. The van der Waals surface area contributed by atoms with Crippen LogP contribution in [-0.2, 0) is 0 Å². The van der Waals surface area contributed by atoms with E-state index in [1.54, 1.807) is 6.20 Å². The van der Waals surface area contributed by atoms with Gasteiger partial charge in [-0.05, 0) is 24.3 Å². The van der Waals surface area contributed by atoms with Gasteiger partial charge in [0.05, 0.1) is 27.8 Å². The molecule has 5 heteroatoms. The number of nitrogens with two attached hydrogens (primary N) is 1. The maximum Gasteiger partial charge on any atom is 0.142 e. The van der Waals surface area contributed by atoms with E-state index >= 15 is 0 Å². The van der Waals surface area contributed by atoms with Crippen molar-refractivity contribution in [3.05, 3.63) is 53.1 Å². The third kappa shape index (κ3) is 1.97. The molecule has 0 bridgehead atoms. The minimum Gasteiger partial charge on any atom is -0.398 e. The van der Waals surface area contributed by atoms with Crippen molar-refractivity contribution in [3.8, 4) is 11.4 Å². The van der Waals surface area contributed by atoms with E-state index in [1.165, 1.54) is 0 Å². The summed E-state index contributed by atoms with van der Waals surface area (Å²) in [5.74, 6) is 0.735. The van der Waals surface area contributed by atoms with Gasteiger partial charge in [-0.15, -0.1) is 0 Å². The number of nitrogens with zero attached hydrogens (tertiary/aromatic N) is 2. The summed E-state index contributed by atoms with van der Waals surface area (Å²) in [5.41, 5.74) is 10.6. The first-order valence-electron chi connectivity index (χ1n) is 6.51. The van der Waals surface area contributed by atoms with Gasteiger partial charge in [-0.25, -0.2) is 4.98 Å². The van der Waals surface area contributed by atoms with E-state index in [0.717, 1.165) is 37.8 Å². The summed E-state index contributed by atoms with van der Waals surface area (Å²) in [6, 6.07) is 13.8. The van der Waals surface area contributed by atoms with Crippen molar-refractivity contribution >= 4 is 43.6 Å². The predicted octanol–water partition coefficient (Wildman–Crippen LogP) is 4.12. The molecule has 0 atom stereocenters. The van der Waals surface area contributed by atoms with E-state index in [2.05, 4.69) is 30.9 Å². The van der Waals surface area contributed by atoms with Gasteiger partial charge in [0.15, 0.2) is 0 Å². The van der Waals surface area contributed by atoms with Gasteiger partial charge >= 0.3 is 0 Å². The van der Waals surface area contributed by atoms with Gasteiger partial charge in [0.2, 0.25) is 0 Å². The minimum absolute atomic E-state index is 0.693. The largest absolute Gasteiger partial charge is 0.398 e. The molecule has 0 spiro atoms. The Labute approximate surface area is 129 Å². The van der Waals surface area contributed by atoms with Gasteiger partial charge in [0, 0.05) is 16.1 Å². The second kappa shape index (κ2) is 4.56. The van der Waals surface area contributed by atoms with Crippen molar-refractivity contribution in [2.24, 2.45) is 0 Å². The molecule has 0 amide bonds. The van der Waals surface area contributed by atoms with Crippen LogP contribution in [-0.4, -0.2) is 15.0 Å². The fourth-order valence-corrected chi connectivity index (χ4v) is 2.81. The number of H-pyrrole nitrogens is 1. The van der Waals surface area contributed by atoms with E-state index in [9.17, 15) is 0 Å². The number of para-hydroxylation sites is 1. The number of imidazole rings is 1. The topological polar surface area (TPSA) is 67.6 Å². The zero-order valence-electron chi connectivity index (χ0n) is 11.0. The van der Waals surface area contributed by atoms with Crippen LogP contribution >= 0.6 is 15.9 Å². The fraction of sp³-hybridized carbons (Fsp3) is 0. The number of pyridine rings is 1. The molecule has 0 radical (unpaired) electrons. The Balaban J connectivity index is 1.97. The Morgan fingerprint density at radius 2 is 1.90 bits per heavy atom. The molecule has 0 aliphatic carbocycles. The molecule has 21 heavy (non-hydrogen) atoms. The van der Waals surface area contributed by atoms with Gasteiger partial charge in [-0.1, -0.05) is 34.1 Å². The molecule has 0 fully saturated rings. The van der Waals surface area contributed by atoms with E-state index < -0.39 is 0 Å². The van der Waals surface area contributed by atoms with Crippen molar-refractivity contribution in [2.75, 3.05) is 5.73 Å². The lowest BCUT2D eigenvalue weighted by molar-refractivity contribution is 1.31. The van der Waals surface area contributed by atoms with Crippen LogP contribution in [0.1, 0.15) is 0 Å². The van der Waals surface area contributed by atoms with E-state index in [0.29, 0.717) is 5.69 Å². The molecule has 4 rings (SSSR count). The smallest absolute Gasteiger partial charge is 0.142 e. The molecule has 2 aromatic heterocycles. The predicted molar refractivity (Wildman–Crippen MR) is 88.9 cm³/mol. The lowest BCUT2D eigenvalue weighted by Gasteiger charge is -2.05. The second-order valence-electron chi connectivity index (χ2n) is 4.85. The summed E-state index contributed by atoms with van der Waals surface area (Å²) in [5, 5.41) is 0.941. The highest BCUT2D eigenvalue weighted by atomic mass is 79.9. The highest BCUT2D eigenvalue weighted by Crippen LogP contribution is 2.31. The zero-order chi connectivity index (χ0) is 14.4. The standard InChI is InChI=1S/C16H11BrN4/c17-9-5-6-13-14(7-9)21-16(20-13)11-8-19-12-4-2-1-3-10(12)15(11)18/h1-8H,(H2,18,19)(H,20,21). The zero-order valence-corrected chi connectivity index (χ0v) is 12.6. The lowest BCUT2D eigenvalue weighted by Crippen LogP contribution is -1.94. The van der Waals surface area contributed by atoms with E-state index in [4.69, 9.17) is 5.73 Å². The summed E-state index contributed by atoms with van der Waals surface area (Å²) in [4.78, 5) is 12.4. The van der Waals surface area contributed by atoms with Crippen LogP contribution in [0.15, 0.2) is 53.1 Å². The SMILES string of the molecule is Nc1c(-c2nc3cc(Br)ccc3[nH]2)cnc2ccccc12. The maximum atomic E-state index is 6.29. The van der Waals surface area contributed by atoms with Gasteiger partial charge in [0.1, 0.15) is 5.82 Å². The number of aromatic nitrogens is 3. The van der Waals surface area contributed by atoms with Crippen molar-refractivity contribution in [1.82, 2.24) is 15.0 Å². The Morgan fingerprint density at radius 1 is 1.05 bits per heavy atom. The number of rotatable bonds is 1. The number of anilines is 1. The summed E-state index contributed by atoms with van der Waals surface area (Å²) >= 11 is 3.45. The summed E-state index contributed by atoms with van der Waals surface area (Å²) < 4.78 is 0.998. The van der Waals surface area contributed by atoms with Crippen LogP contribution in [0.3, 0.4) is 0 Å². The van der Waals surface area contributed by atoms with E-state index in [-0.39, 0.29) is 0 Å². The molecule has 4 nitrogen and oxygen atoms in total. The summed E-state index contributed by atoms with van der Waals surface area (Å²) in [7, 11) is 0. The van der Waals surface area contributed by atoms with Gasteiger partial charge in [0.25, 0.3) is 0 Å². The highest BCUT2D eigenvalue weighted by molar-refractivity contribution is 9.10. The third-order valence-electron chi connectivity index (χ3n) is 3.52. The number of hydrogen-bond acceptors (Lipinski definition) is 3. The monoisotopic (exact) mass is 338 g/mol. The number of hydrogen-bond donors (Lipinski definition) is 2. The normalized spacial score (nSPS) is 11.3. The van der Waals surface area contributed by atoms with Crippen LogP contribution in [0.4, 0.5) is 5.69 Å². The number of fused-ring (bicyclic) bond motifs is 2.